The van der Waals surface area contributed by atoms with Crippen molar-refractivity contribution in [3.05, 3.63) is 65.7 Å². The summed E-state index contributed by atoms with van der Waals surface area (Å²) in [5.74, 6) is -0.127. The highest BCUT2D eigenvalue weighted by Crippen LogP contribution is 2.13. The number of hydrogen-bond acceptors (Lipinski definition) is 3. The van der Waals surface area contributed by atoms with Crippen molar-refractivity contribution in [2.24, 2.45) is 0 Å². The molecule has 0 aromatic heterocycles. The first-order chi connectivity index (χ1) is 10.6. The van der Waals surface area contributed by atoms with E-state index in [9.17, 15) is 4.79 Å². The first-order valence-corrected chi connectivity index (χ1v) is 7.18. The van der Waals surface area contributed by atoms with E-state index in [0.717, 1.165) is 5.69 Å². The van der Waals surface area contributed by atoms with Crippen molar-refractivity contribution in [2.75, 3.05) is 18.5 Å². The van der Waals surface area contributed by atoms with Crippen molar-refractivity contribution < 1.29 is 4.79 Å². The molecule has 0 spiro atoms. The summed E-state index contributed by atoms with van der Waals surface area (Å²) in [5, 5.41) is 11.7. The molecule has 112 valence electrons. The average molecular weight is 293 g/mol. The van der Waals surface area contributed by atoms with Gasteiger partial charge in [-0.25, -0.2) is 0 Å². The molecule has 0 aliphatic heterocycles. The van der Waals surface area contributed by atoms with E-state index in [-0.39, 0.29) is 11.9 Å². The van der Waals surface area contributed by atoms with Gasteiger partial charge >= 0.3 is 0 Å². The van der Waals surface area contributed by atoms with E-state index in [4.69, 9.17) is 5.26 Å². The highest BCUT2D eigenvalue weighted by Gasteiger charge is 2.12. The van der Waals surface area contributed by atoms with Crippen molar-refractivity contribution in [3.63, 3.8) is 0 Å². The van der Waals surface area contributed by atoms with Crippen molar-refractivity contribution in [3.8, 4) is 6.07 Å². The predicted molar refractivity (Wildman–Crippen MR) is 87.8 cm³/mol. The van der Waals surface area contributed by atoms with Gasteiger partial charge in [-0.2, -0.15) is 5.26 Å². The molecule has 1 amide bonds. The number of amides is 1. The SMILES string of the molecule is C[C@@H](CNC(=O)c1ccc(C#N)cc1)N(C)c1ccccc1. The molecule has 0 aliphatic carbocycles. The number of hydrogen-bond donors (Lipinski definition) is 1. The number of nitriles is 1. The molecular weight excluding hydrogens is 274 g/mol. The van der Waals surface area contributed by atoms with Gasteiger partial charge in [-0.05, 0) is 43.3 Å². The lowest BCUT2D eigenvalue weighted by molar-refractivity contribution is 0.0951. The largest absolute Gasteiger partial charge is 0.370 e. The second-order valence-corrected chi connectivity index (χ2v) is 5.19. The fourth-order valence-electron chi connectivity index (χ4n) is 2.09. The number of benzene rings is 2. The van der Waals surface area contributed by atoms with Crippen LogP contribution in [0.25, 0.3) is 0 Å². The minimum absolute atomic E-state index is 0.127. The lowest BCUT2D eigenvalue weighted by atomic mass is 10.1. The number of nitrogens with zero attached hydrogens (tertiary/aromatic N) is 2. The quantitative estimate of drug-likeness (QED) is 0.922. The van der Waals surface area contributed by atoms with E-state index < -0.39 is 0 Å². The molecule has 0 bridgehead atoms. The molecule has 22 heavy (non-hydrogen) atoms. The van der Waals surface area contributed by atoms with E-state index in [1.54, 1.807) is 24.3 Å². The Morgan fingerprint density at radius 1 is 1.18 bits per heavy atom. The molecule has 0 radical (unpaired) electrons. The summed E-state index contributed by atoms with van der Waals surface area (Å²) in [6, 6.07) is 18.9. The van der Waals surface area contributed by atoms with Crippen LogP contribution in [0.1, 0.15) is 22.8 Å². The van der Waals surface area contributed by atoms with E-state index in [1.807, 2.05) is 43.4 Å². The summed E-state index contributed by atoms with van der Waals surface area (Å²) in [6.07, 6.45) is 0. The van der Waals surface area contributed by atoms with Crippen LogP contribution >= 0.6 is 0 Å². The van der Waals surface area contributed by atoms with Gasteiger partial charge in [0.1, 0.15) is 0 Å². The summed E-state index contributed by atoms with van der Waals surface area (Å²) in [4.78, 5) is 14.2. The number of rotatable bonds is 5. The molecule has 0 fully saturated rings. The zero-order valence-corrected chi connectivity index (χ0v) is 12.8. The summed E-state index contributed by atoms with van der Waals surface area (Å²) in [6.45, 7) is 2.61. The number of likely N-dealkylation sites (N-methyl/N-ethyl adjacent to an activating group) is 1. The van der Waals surface area contributed by atoms with Gasteiger partial charge in [-0.3, -0.25) is 4.79 Å². The molecular formula is C18H19N3O. The molecule has 1 N–H and O–H groups in total. The molecule has 0 aliphatic rings. The second kappa shape index (κ2) is 7.28. The van der Waals surface area contributed by atoms with Gasteiger partial charge in [-0.1, -0.05) is 18.2 Å². The summed E-state index contributed by atoms with van der Waals surface area (Å²) >= 11 is 0. The molecule has 4 nitrogen and oxygen atoms in total. The summed E-state index contributed by atoms with van der Waals surface area (Å²) in [7, 11) is 2.01. The molecule has 0 unspecified atom stereocenters. The van der Waals surface area contributed by atoms with Crippen LogP contribution in [0.5, 0.6) is 0 Å². The molecule has 2 aromatic rings. The first kappa shape index (κ1) is 15.6. The molecule has 0 saturated carbocycles. The number of carbonyl (C=O) groups excluding carboxylic acids is 1. The third kappa shape index (κ3) is 3.86. The van der Waals surface area contributed by atoms with Gasteiger partial charge in [0.15, 0.2) is 0 Å². The normalized spacial score (nSPS) is 11.3. The Bertz CT molecular complexity index is 659. The standard InChI is InChI=1S/C18H19N3O/c1-14(21(2)17-6-4-3-5-7-17)13-20-18(22)16-10-8-15(12-19)9-11-16/h3-11,14H,13H2,1-2H3,(H,20,22)/t14-/m0/s1. The van der Waals surface area contributed by atoms with Crippen LogP contribution in [0.2, 0.25) is 0 Å². The van der Waals surface area contributed by atoms with Crippen LogP contribution in [-0.2, 0) is 0 Å². The smallest absolute Gasteiger partial charge is 0.251 e. The highest BCUT2D eigenvalue weighted by atomic mass is 16.1. The maximum Gasteiger partial charge on any atom is 0.251 e. The van der Waals surface area contributed by atoms with Crippen LogP contribution in [0.15, 0.2) is 54.6 Å². The average Bonchev–Trinajstić information content (AvgIpc) is 2.59. The minimum Gasteiger partial charge on any atom is -0.370 e. The highest BCUT2D eigenvalue weighted by molar-refractivity contribution is 5.94. The molecule has 4 heteroatoms. The van der Waals surface area contributed by atoms with E-state index >= 15 is 0 Å². The Morgan fingerprint density at radius 3 is 2.41 bits per heavy atom. The maximum absolute atomic E-state index is 12.1. The lowest BCUT2D eigenvalue weighted by Crippen LogP contribution is -2.40. The molecule has 2 rings (SSSR count). The van der Waals surface area contributed by atoms with Crippen LogP contribution in [0.4, 0.5) is 5.69 Å². The molecule has 1 atom stereocenters. The Morgan fingerprint density at radius 2 is 1.82 bits per heavy atom. The monoisotopic (exact) mass is 293 g/mol. The van der Waals surface area contributed by atoms with E-state index in [0.29, 0.717) is 17.7 Å². The zero-order chi connectivity index (χ0) is 15.9. The molecule has 0 heterocycles. The van der Waals surface area contributed by atoms with Gasteiger partial charge in [0.25, 0.3) is 5.91 Å². The summed E-state index contributed by atoms with van der Waals surface area (Å²) < 4.78 is 0. The third-order valence-electron chi connectivity index (χ3n) is 3.66. The maximum atomic E-state index is 12.1. The molecule has 0 saturated heterocycles. The Labute approximate surface area is 131 Å². The third-order valence-corrected chi connectivity index (χ3v) is 3.66. The van der Waals surface area contributed by atoms with Gasteiger partial charge in [0.2, 0.25) is 0 Å². The van der Waals surface area contributed by atoms with Gasteiger partial charge in [-0.15, -0.1) is 0 Å². The Hall–Kier alpha value is -2.80. The van der Waals surface area contributed by atoms with Crippen LogP contribution in [-0.4, -0.2) is 25.5 Å². The van der Waals surface area contributed by atoms with Crippen LogP contribution in [0.3, 0.4) is 0 Å². The fraction of sp³-hybridized carbons (Fsp3) is 0.222. The van der Waals surface area contributed by atoms with Crippen molar-refractivity contribution in [1.29, 1.82) is 5.26 Å². The Balaban J connectivity index is 1.91. The van der Waals surface area contributed by atoms with Crippen LogP contribution in [0, 0.1) is 11.3 Å². The van der Waals surface area contributed by atoms with Crippen molar-refractivity contribution >= 4 is 11.6 Å². The number of para-hydroxylation sites is 1. The van der Waals surface area contributed by atoms with E-state index in [1.165, 1.54) is 0 Å². The topological polar surface area (TPSA) is 56.1 Å². The number of carbonyl (C=O) groups is 1. The second-order valence-electron chi connectivity index (χ2n) is 5.19. The van der Waals surface area contributed by atoms with Gasteiger partial charge in [0, 0.05) is 30.9 Å². The number of nitrogens with one attached hydrogen (secondary N) is 1. The minimum atomic E-state index is -0.127. The molecule has 2 aromatic carbocycles. The number of anilines is 1. The van der Waals surface area contributed by atoms with Gasteiger partial charge in [0.05, 0.1) is 11.6 Å². The van der Waals surface area contributed by atoms with Gasteiger partial charge < -0.3 is 10.2 Å². The summed E-state index contributed by atoms with van der Waals surface area (Å²) in [5.41, 5.74) is 2.23. The Kier molecular flexibility index (Phi) is 5.16. The zero-order valence-electron chi connectivity index (χ0n) is 12.8. The first-order valence-electron chi connectivity index (χ1n) is 7.18. The predicted octanol–water partition coefficient (Wildman–Crippen LogP) is 2.81. The van der Waals surface area contributed by atoms with Crippen molar-refractivity contribution in [2.45, 2.75) is 13.0 Å². The lowest BCUT2D eigenvalue weighted by Gasteiger charge is -2.27. The van der Waals surface area contributed by atoms with Crippen LogP contribution < -0.4 is 10.2 Å². The van der Waals surface area contributed by atoms with Crippen molar-refractivity contribution in [1.82, 2.24) is 5.32 Å². The fourth-order valence-corrected chi connectivity index (χ4v) is 2.09. The van der Waals surface area contributed by atoms with E-state index in [2.05, 4.69) is 17.1 Å².